The molecule has 0 saturated carbocycles. The highest BCUT2D eigenvalue weighted by Gasteiger charge is 2.14. The van der Waals surface area contributed by atoms with Crippen LogP contribution in [0.4, 0.5) is 5.69 Å². The normalized spacial score (nSPS) is 10.7. The number of carbonyl (C=O) groups excluding carboxylic acids is 1. The third-order valence-electron chi connectivity index (χ3n) is 4.13. The number of hydrogen-bond acceptors (Lipinski definition) is 5. The molecule has 0 fully saturated rings. The number of para-hydroxylation sites is 2. The van der Waals surface area contributed by atoms with E-state index in [-0.39, 0.29) is 18.3 Å². The monoisotopic (exact) mass is 373 g/mol. The third-order valence-corrected chi connectivity index (χ3v) is 4.13. The van der Waals surface area contributed by atoms with Crippen LogP contribution in [0.2, 0.25) is 0 Å². The first-order valence-electron chi connectivity index (χ1n) is 8.48. The summed E-state index contributed by atoms with van der Waals surface area (Å²) in [6, 6.07) is 13.2. The van der Waals surface area contributed by atoms with Gasteiger partial charge in [-0.05, 0) is 25.1 Å². The largest absolute Gasteiger partial charge is 0.398 e. The molecule has 0 aliphatic heterocycles. The van der Waals surface area contributed by atoms with E-state index in [0.717, 1.165) is 35.8 Å². The first-order valence-corrected chi connectivity index (χ1v) is 8.48. The van der Waals surface area contributed by atoms with Crippen LogP contribution in [0.5, 0.6) is 0 Å². The van der Waals surface area contributed by atoms with Gasteiger partial charge >= 0.3 is 0 Å². The van der Waals surface area contributed by atoms with E-state index in [2.05, 4.69) is 15.6 Å². The molecule has 0 saturated heterocycles. The number of fused-ring (bicyclic) bond motifs is 2. The van der Waals surface area contributed by atoms with Crippen molar-refractivity contribution in [2.24, 2.45) is 5.73 Å². The summed E-state index contributed by atoms with van der Waals surface area (Å²) >= 11 is 0. The van der Waals surface area contributed by atoms with Gasteiger partial charge in [-0.25, -0.2) is 4.98 Å². The van der Waals surface area contributed by atoms with Crippen LogP contribution in [0.3, 0.4) is 0 Å². The van der Waals surface area contributed by atoms with Crippen LogP contribution in [0.25, 0.3) is 21.8 Å². The number of nitrogens with one attached hydrogen (secondary N) is 2. The van der Waals surface area contributed by atoms with E-state index in [0.29, 0.717) is 29.9 Å². The summed E-state index contributed by atoms with van der Waals surface area (Å²) < 4.78 is 0. The Hall–Kier alpha value is -2.41. The van der Waals surface area contributed by atoms with Crippen LogP contribution in [0.15, 0.2) is 42.5 Å². The first-order chi connectivity index (χ1) is 12.2. The highest BCUT2D eigenvalue weighted by atomic mass is 35.5. The molecule has 1 amide bonds. The lowest BCUT2D eigenvalue weighted by atomic mass is 10.0. The molecule has 0 atom stereocenters. The van der Waals surface area contributed by atoms with Gasteiger partial charge < -0.3 is 22.1 Å². The number of amides is 1. The van der Waals surface area contributed by atoms with E-state index in [1.807, 2.05) is 36.4 Å². The van der Waals surface area contributed by atoms with Gasteiger partial charge in [0.2, 0.25) is 0 Å². The Labute approximate surface area is 158 Å². The van der Waals surface area contributed by atoms with Crippen LogP contribution in [0.1, 0.15) is 16.8 Å². The van der Waals surface area contributed by atoms with E-state index < -0.39 is 0 Å². The highest BCUT2D eigenvalue weighted by Crippen LogP contribution is 2.29. The van der Waals surface area contributed by atoms with Gasteiger partial charge in [0, 0.05) is 30.4 Å². The number of nitrogens with zero attached hydrogens (tertiary/aromatic N) is 1. The van der Waals surface area contributed by atoms with Crippen molar-refractivity contribution >= 4 is 45.8 Å². The second-order valence-electron chi connectivity index (χ2n) is 5.89. The zero-order chi connectivity index (χ0) is 17.6. The van der Waals surface area contributed by atoms with Crippen molar-refractivity contribution < 1.29 is 4.79 Å². The molecule has 3 rings (SSSR count). The molecular weight excluding hydrogens is 350 g/mol. The molecule has 0 aliphatic rings. The van der Waals surface area contributed by atoms with Gasteiger partial charge in [0.1, 0.15) is 0 Å². The number of anilines is 1. The minimum Gasteiger partial charge on any atom is -0.398 e. The lowest BCUT2D eigenvalue weighted by Gasteiger charge is -2.11. The first kappa shape index (κ1) is 19.9. The van der Waals surface area contributed by atoms with Crippen molar-refractivity contribution in [3.8, 4) is 0 Å². The number of nitrogen functional groups attached to an aromatic ring is 1. The van der Waals surface area contributed by atoms with Gasteiger partial charge in [0.05, 0.1) is 22.3 Å². The molecule has 0 spiro atoms. The number of benzene rings is 2. The van der Waals surface area contributed by atoms with Crippen molar-refractivity contribution in [3.05, 3.63) is 48.0 Å². The number of nitrogens with two attached hydrogens (primary N) is 2. The standard InChI is InChI=1S/C19H23N5O.ClH/c20-9-12-22-10-4-11-23-19(25)15-7-3-6-14-17(21)13-5-1-2-8-16(13)24-18(14)15;/h1-3,5-8,22H,4,9-12,20H2,(H2,21,24)(H,23,25);1H. The minimum atomic E-state index is -0.133. The van der Waals surface area contributed by atoms with Crippen LogP contribution in [-0.2, 0) is 0 Å². The maximum Gasteiger partial charge on any atom is 0.253 e. The molecule has 1 aromatic heterocycles. The Balaban J connectivity index is 0.00000243. The molecule has 0 bridgehead atoms. The predicted octanol–water partition coefficient (Wildman–Crippen LogP) is 2.06. The van der Waals surface area contributed by atoms with Gasteiger partial charge in [0.25, 0.3) is 5.91 Å². The van der Waals surface area contributed by atoms with Crippen LogP contribution in [0, 0.1) is 0 Å². The van der Waals surface area contributed by atoms with Crippen LogP contribution >= 0.6 is 12.4 Å². The fourth-order valence-corrected chi connectivity index (χ4v) is 2.87. The number of pyridine rings is 1. The van der Waals surface area contributed by atoms with E-state index in [1.54, 1.807) is 6.07 Å². The lowest BCUT2D eigenvalue weighted by Crippen LogP contribution is -2.29. The van der Waals surface area contributed by atoms with E-state index in [1.165, 1.54) is 0 Å². The van der Waals surface area contributed by atoms with E-state index in [9.17, 15) is 4.79 Å². The quantitative estimate of drug-likeness (QED) is 0.374. The van der Waals surface area contributed by atoms with Gasteiger partial charge in [0.15, 0.2) is 0 Å². The van der Waals surface area contributed by atoms with Crippen molar-refractivity contribution in [1.29, 1.82) is 0 Å². The average molecular weight is 374 g/mol. The Morgan fingerprint density at radius 2 is 1.77 bits per heavy atom. The maximum atomic E-state index is 12.6. The Morgan fingerprint density at radius 3 is 2.58 bits per heavy atom. The molecule has 7 heteroatoms. The zero-order valence-corrected chi connectivity index (χ0v) is 15.3. The third kappa shape index (κ3) is 4.22. The molecule has 1 heterocycles. The lowest BCUT2D eigenvalue weighted by molar-refractivity contribution is 0.0955. The second-order valence-corrected chi connectivity index (χ2v) is 5.89. The summed E-state index contributed by atoms with van der Waals surface area (Å²) in [5.41, 5.74) is 14.4. The highest BCUT2D eigenvalue weighted by molar-refractivity contribution is 6.13. The second kappa shape index (κ2) is 9.33. The summed E-state index contributed by atoms with van der Waals surface area (Å²) in [5, 5.41) is 7.85. The van der Waals surface area contributed by atoms with Crippen molar-refractivity contribution in [3.63, 3.8) is 0 Å². The van der Waals surface area contributed by atoms with Crippen molar-refractivity contribution in [2.45, 2.75) is 6.42 Å². The number of rotatable bonds is 7. The molecule has 3 aromatic rings. The fourth-order valence-electron chi connectivity index (χ4n) is 2.87. The SMILES string of the molecule is Cl.NCCNCCCNC(=O)c1cccc2c(N)c3ccccc3nc12. The Morgan fingerprint density at radius 1 is 1.00 bits per heavy atom. The topological polar surface area (TPSA) is 106 Å². The molecule has 26 heavy (non-hydrogen) atoms. The zero-order valence-electron chi connectivity index (χ0n) is 14.5. The number of carbonyl (C=O) groups is 1. The van der Waals surface area contributed by atoms with Crippen LogP contribution < -0.4 is 22.1 Å². The molecule has 0 unspecified atom stereocenters. The average Bonchev–Trinajstić information content (AvgIpc) is 2.64. The Bertz CT molecular complexity index is 900. The molecule has 6 N–H and O–H groups in total. The van der Waals surface area contributed by atoms with Gasteiger partial charge in [-0.15, -0.1) is 12.4 Å². The molecule has 138 valence electrons. The summed E-state index contributed by atoms with van der Waals surface area (Å²) in [6.45, 7) is 2.82. The summed E-state index contributed by atoms with van der Waals surface area (Å²) in [4.78, 5) is 17.2. The molecule has 2 aromatic carbocycles. The summed E-state index contributed by atoms with van der Waals surface area (Å²) in [5.74, 6) is -0.133. The molecular formula is C19H24ClN5O. The van der Waals surface area contributed by atoms with Gasteiger partial charge in [-0.2, -0.15) is 0 Å². The molecule has 6 nitrogen and oxygen atoms in total. The fraction of sp³-hybridized carbons (Fsp3) is 0.263. The Kier molecular flexibility index (Phi) is 7.15. The van der Waals surface area contributed by atoms with Crippen molar-refractivity contribution in [1.82, 2.24) is 15.6 Å². The molecule has 0 radical (unpaired) electrons. The van der Waals surface area contributed by atoms with E-state index in [4.69, 9.17) is 11.5 Å². The number of aromatic nitrogens is 1. The summed E-state index contributed by atoms with van der Waals surface area (Å²) in [7, 11) is 0. The number of hydrogen-bond donors (Lipinski definition) is 4. The predicted molar refractivity (Wildman–Crippen MR) is 110 cm³/mol. The minimum absolute atomic E-state index is 0. The van der Waals surface area contributed by atoms with Gasteiger partial charge in [-0.3, -0.25) is 4.79 Å². The van der Waals surface area contributed by atoms with Crippen molar-refractivity contribution in [2.75, 3.05) is 31.9 Å². The smallest absolute Gasteiger partial charge is 0.253 e. The summed E-state index contributed by atoms with van der Waals surface area (Å²) in [6.07, 6.45) is 0.842. The maximum absolute atomic E-state index is 12.6. The van der Waals surface area contributed by atoms with Gasteiger partial charge in [-0.1, -0.05) is 30.3 Å². The van der Waals surface area contributed by atoms with E-state index >= 15 is 0 Å². The molecule has 0 aliphatic carbocycles. The number of halogens is 1. The van der Waals surface area contributed by atoms with Crippen LogP contribution in [-0.4, -0.2) is 37.1 Å².